The van der Waals surface area contributed by atoms with Crippen LogP contribution in [-0.2, 0) is 11.8 Å². The molecule has 0 spiro atoms. The van der Waals surface area contributed by atoms with E-state index in [4.69, 9.17) is 11.6 Å². The molecule has 0 bridgehead atoms. The van der Waals surface area contributed by atoms with E-state index in [1.807, 2.05) is 53.4 Å². The minimum atomic E-state index is -0.155. The Morgan fingerprint density at radius 2 is 1.73 bits per heavy atom. The summed E-state index contributed by atoms with van der Waals surface area (Å²) in [4.78, 5) is 27.1. The van der Waals surface area contributed by atoms with Gasteiger partial charge in [0.1, 0.15) is 5.82 Å². The Morgan fingerprint density at radius 1 is 1.07 bits per heavy atom. The van der Waals surface area contributed by atoms with Crippen molar-refractivity contribution in [1.82, 2.24) is 19.2 Å². The lowest BCUT2D eigenvalue weighted by molar-refractivity contribution is -0.127. The summed E-state index contributed by atoms with van der Waals surface area (Å²) in [7, 11) is 1.67. The summed E-state index contributed by atoms with van der Waals surface area (Å²) < 4.78 is 3.06. The lowest BCUT2D eigenvalue weighted by Crippen LogP contribution is -2.37. The number of hydrogen-bond acceptors (Lipinski definition) is 3. The number of hydrogen-bond donors (Lipinski definition) is 0. The third kappa shape index (κ3) is 4.09. The Hall–Kier alpha value is -3.12. The minimum Gasteiger partial charge on any atom is -0.339 e. The van der Waals surface area contributed by atoms with Crippen molar-refractivity contribution in [1.29, 1.82) is 0 Å². The van der Waals surface area contributed by atoms with Gasteiger partial charge >= 0.3 is 5.69 Å². The quantitative estimate of drug-likeness (QED) is 0.603. The first kappa shape index (κ1) is 20.2. The average Bonchev–Trinajstić information content (AvgIpc) is 3.08. The molecule has 6 nitrogen and oxygen atoms in total. The van der Waals surface area contributed by atoms with E-state index in [0.29, 0.717) is 18.1 Å². The molecule has 1 aromatic heterocycles. The molecule has 7 heteroatoms. The van der Waals surface area contributed by atoms with Gasteiger partial charge < -0.3 is 4.90 Å². The summed E-state index contributed by atoms with van der Waals surface area (Å²) in [5.74, 6) is 0.845. The molecule has 2 aromatic carbocycles. The summed E-state index contributed by atoms with van der Waals surface area (Å²) in [6, 6.07) is 17.0. The van der Waals surface area contributed by atoms with Gasteiger partial charge in [0.2, 0.25) is 5.91 Å². The average molecular weight is 423 g/mol. The van der Waals surface area contributed by atoms with Crippen molar-refractivity contribution in [2.24, 2.45) is 7.05 Å². The zero-order chi connectivity index (χ0) is 21.1. The van der Waals surface area contributed by atoms with Crippen LogP contribution in [0.25, 0.3) is 11.8 Å². The van der Waals surface area contributed by atoms with E-state index in [1.165, 1.54) is 4.68 Å². The number of carbonyl (C=O) groups excluding carboxylic acids is 1. The second-order valence-corrected chi connectivity index (χ2v) is 7.80. The van der Waals surface area contributed by atoms with Crippen molar-refractivity contribution >= 4 is 23.6 Å². The normalized spacial score (nSPS) is 15.1. The molecule has 0 unspecified atom stereocenters. The Morgan fingerprint density at radius 3 is 2.43 bits per heavy atom. The number of carbonyl (C=O) groups is 1. The first-order chi connectivity index (χ1) is 14.5. The maximum absolute atomic E-state index is 12.6. The number of nitrogens with zero attached hydrogens (tertiary/aromatic N) is 4. The van der Waals surface area contributed by atoms with Crippen molar-refractivity contribution in [3.05, 3.63) is 87.6 Å². The fourth-order valence-electron chi connectivity index (χ4n) is 3.80. The molecular formula is C23H23ClN4O2. The second-order valence-electron chi connectivity index (χ2n) is 7.39. The van der Waals surface area contributed by atoms with Crippen LogP contribution in [0.1, 0.15) is 30.1 Å². The molecule has 154 valence electrons. The number of halogens is 1. The number of amides is 1. The van der Waals surface area contributed by atoms with E-state index >= 15 is 0 Å². The van der Waals surface area contributed by atoms with Crippen LogP contribution in [-0.4, -0.2) is 38.2 Å². The summed E-state index contributed by atoms with van der Waals surface area (Å²) in [6.07, 6.45) is 4.84. The first-order valence-electron chi connectivity index (χ1n) is 9.97. The molecule has 1 saturated heterocycles. The third-order valence-corrected chi connectivity index (χ3v) is 5.79. The highest BCUT2D eigenvalue weighted by atomic mass is 35.5. The molecule has 0 radical (unpaired) electrons. The molecule has 1 aliphatic rings. The number of likely N-dealkylation sites (tertiary alicyclic amines) is 1. The van der Waals surface area contributed by atoms with Gasteiger partial charge in [0, 0.05) is 37.2 Å². The predicted molar refractivity (Wildman–Crippen MR) is 118 cm³/mol. The van der Waals surface area contributed by atoms with Gasteiger partial charge in [0.25, 0.3) is 0 Å². The van der Waals surface area contributed by atoms with Gasteiger partial charge in [0.15, 0.2) is 0 Å². The maximum atomic E-state index is 12.6. The molecule has 2 heterocycles. The smallest absolute Gasteiger partial charge is 0.339 e. The van der Waals surface area contributed by atoms with Gasteiger partial charge in [-0.25, -0.2) is 14.0 Å². The fraction of sp³-hybridized carbons (Fsp3) is 0.261. The highest BCUT2D eigenvalue weighted by molar-refractivity contribution is 6.32. The van der Waals surface area contributed by atoms with E-state index in [9.17, 15) is 9.59 Å². The number of piperidine rings is 1. The molecule has 1 fully saturated rings. The molecule has 0 N–H and O–H groups in total. The maximum Gasteiger partial charge on any atom is 0.350 e. The molecule has 4 rings (SSSR count). The van der Waals surface area contributed by atoms with E-state index in [1.54, 1.807) is 29.8 Å². The van der Waals surface area contributed by atoms with Crippen LogP contribution in [0.2, 0.25) is 5.02 Å². The molecule has 0 aliphatic carbocycles. The SMILES string of the molecule is Cn1nc(C2CCN(C(=O)/C=C/c3ccccc3Cl)CC2)n(-c2ccccc2)c1=O. The summed E-state index contributed by atoms with van der Waals surface area (Å²) in [6.45, 7) is 1.24. The summed E-state index contributed by atoms with van der Waals surface area (Å²) >= 11 is 6.15. The zero-order valence-corrected chi connectivity index (χ0v) is 17.5. The zero-order valence-electron chi connectivity index (χ0n) is 16.7. The Balaban J connectivity index is 1.47. The molecule has 0 atom stereocenters. The number of benzene rings is 2. The van der Waals surface area contributed by atoms with Crippen LogP contribution < -0.4 is 5.69 Å². The van der Waals surface area contributed by atoms with Crippen LogP contribution in [0.15, 0.2) is 65.5 Å². The molecule has 0 saturated carbocycles. The van der Waals surface area contributed by atoms with Crippen LogP contribution in [0.3, 0.4) is 0 Å². The number of para-hydroxylation sites is 1. The van der Waals surface area contributed by atoms with Crippen LogP contribution in [0, 0.1) is 0 Å². The lowest BCUT2D eigenvalue weighted by atomic mass is 9.95. The fourth-order valence-corrected chi connectivity index (χ4v) is 4.00. The number of rotatable bonds is 4. The highest BCUT2D eigenvalue weighted by Gasteiger charge is 2.28. The monoisotopic (exact) mass is 422 g/mol. The standard InChI is InChI=1S/C23H23ClN4O2/c1-26-23(30)28(19-8-3-2-4-9-19)22(25-26)18-13-15-27(16-14-18)21(29)12-11-17-7-5-6-10-20(17)24/h2-12,18H,13-16H2,1H3/b12-11+. The molecule has 1 amide bonds. The topological polar surface area (TPSA) is 60.1 Å². The van der Waals surface area contributed by atoms with Crippen LogP contribution >= 0.6 is 11.6 Å². The van der Waals surface area contributed by atoms with Gasteiger partial charge in [0.05, 0.1) is 5.69 Å². The van der Waals surface area contributed by atoms with E-state index in [0.717, 1.165) is 29.9 Å². The van der Waals surface area contributed by atoms with Gasteiger partial charge in [-0.2, -0.15) is 5.10 Å². The predicted octanol–water partition coefficient (Wildman–Crippen LogP) is 3.64. The Kier molecular flexibility index (Phi) is 5.86. The molecule has 1 aliphatic heterocycles. The summed E-state index contributed by atoms with van der Waals surface area (Å²) in [5.41, 5.74) is 1.48. The summed E-state index contributed by atoms with van der Waals surface area (Å²) in [5, 5.41) is 5.12. The third-order valence-electron chi connectivity index (χ3n) is 5.45. The van der Waals surface area contributed by atoms with E-state index in [-0.39, 0.29) is 17.5 Å². The van der Waals surface area contributed by atoms with E-state index < -0.39 is 0 Å². The Labute approximate surface area is 180 Å². The van der Waals surface area contributed by atoms with Crippen LogP contribution in [0.4, 0.5) is 0 Å². The lowest BCUT2D eigenvalue weighted by Gasteiger charge is -2.31. The van der Waals surface area contributed by atoms with Crippen molar-refractivity contribution in [2.45, 2.75) is 18.8 Å². The molecule has 30 heavy (non-hydrogen) atoms. The molecule has 3 aromatic rings. The highest BCUT2D eigenvalue weighted by Crippen LogP contribution is 2.28. The Bertz CT molecular complexity index is 1130. The van der Waals surface area contributed by atoms with Crippen molar-refractivity contribution in [2.75, 3.05) is 13.1 Å². The minimum absolute atomic E-state index is 0.0326. The largest absolute Gasteiger partial charge is 0.350 e. The molecular weight excluding hydrogens is 400 g/mol. The number of aryl methyl sites for hydroxylation is 1. The van der Waals surface area contributed by atoms with Crippen molar-refractivity contribution < 1.29 is 4.79 Å². The van der Waals surface area contributed by atoms with E-state index in [2.05, 4.69) is 5.10 Å². The second kappa shape index (κ2) is 8.71. The number of aromatic nitrogens is 3. The van der Waals surface area contributed by atoms with Gasteiger partial charge in [-0.1, -0.05) is 48.0 Å². The first-order valence-corrected chi connectivity index (χ1v) is 10.4. The van der Waals surface area contributed by atoms with Crippen molar-refractivity contribution in [3.8, 4) is 5.69 Å². The van der Waals surface area contributed by atoms with Crippen LogP contribution in [0.5, 0.6) is 0 Å². The van der Waals surface area contributed by atoms with Gasteiger partial charge in [-0.05, 0) is 42.7 Å². The van der Waals surface area contributed by atoms with Gasteiger partial charge in [-0.3, -0.25) is 4.79 Å². The van der Waals surface area contributed by atoms with Gasteiger partial charge in [-0.15, -0.1) is 0 Å². The van der Waals surface area contributed by atoms with Crippen molar-refractivity contribution in [3.63, 3.8) is 0 Å².